The number of amides is 1. The second-order valence-corrected chi connectivity index (χ2v) is 9.28. The van der Waals surface area contributed by atoms with Crippen LogP contribution in [-0.4, -0.2) is 30.5 Å². The SMILES string of the molecule is CS(=O)(=O)Nc1nccc(Oc2ccc3c(C(=O)Nc4ccc(F)c(C(F)(F)F)c4)cccc3c2)n1. The molecule has 0 saturated heterocycles. The Bertz CT molecular complexity index is 1580. The number of anilines is 2. The molecule has 8 nitrogen and oxygen atoms in total. The lowest BCUT2D eigenvalue weighted by Crippen LogP contribution is -2.14. The molecule has 1 amide bonds. The monoisotopic (exact) mass is 520 g/mol. The highest BCUT2D eigenvalue weighted by atomic mass is 32.2. The number of fused-ring (bicyclic) bond motifs is 1. The van der Waals surface area contributed by atoms with Crippen LogP contribution in [0.2, 0.25) is 0 Å². The summed E-state index contributed by atoms with van der Waals surface area (Å²) in [5, 5.41) is 3.40. The number of hydrogen-bond donors (Lipinski definition) is 2. The Morgan fingerprint density at radius 2 is 1.81 bits per heavy atom. The number of hydrogen-bond acceptors (Lipinski definition) is 6. The average molecular weight is 520 g/mol. The highest BCUT2D eigenvalue weighted by Gasteiger charge is 2.34. The zero-order valence-corrected chi connectivity index (χ0v) is 19.1. The van der Waals surface area contributed by atoms with Gasteiger partial charge in [-0.3, -0.25) is 9.52 Å². The molecule has 0 unspecified atom stereocenters. The highest BCUT2D eigenvalue weighted by molar-refractivity contribution is 7.91. The summed E-state index contributed by atoms with van der Waals surface area (Å²) in [6, 6.07) is 13.1. The van der Waals surface area contributed by atoms with E-state index in [1.165, 1.54) is 24.4 Å². The van der Waals surface area contributed by atoms with Gasteiger partial charge in [0.1, 0.15) is 11.6 Å². The molecule has 0 fully saturated rings. The number of nitrogens with one attached hydrogen (secondary N) is 2. The summed E-state index contributed by atoms with van der Waals surface area (Å²) < 4.78 is 83.0. The summed E-state index contributed by atoms with van der Waals surface area (Å²) in [7, 11) is -3.59. The quantitative estimate of drug-likeness (QED) is 0.338. The van der Waals surface area contributed by atoms with Crippen LogP contribution in [0, 0.1) is 5.82 Å². The number of nitrogens with zero attached hydrogens (tertiary/aromatic N) is 2. The van der Waals surface area contributed by atoms with Gasteiger partial charge in [-0.05, 0) is 53.2 Å². The van der Waals surface area contributed by atoms with Crippen LogP contribution < -0.4 is 14.8 Å². The van der Waals surface area contributed by atoms with Crippen LogP contribution in [0.5, 0.6) is 11.6 Å². The molecular weight excluding hydrogens is 504 g/mol. The van der Waals surface area contributed by atoms with Crippen molar-refractivity contribution < 1.29 is 35.5 Å². The fourth-order valence-electron chi connectivity index (χ4n) is 3.28. The van der Waals surface area contributed by atoms with Crippen molar-refractivity contribution in [2.45, 2.75) is 6.18 Å². The molecule has 0 radical (unpaired) electrons. The second-order valence-electron chi connectivity index (χ2n) is 7.53. The first-order valence-electron chi connectivity index (χ1n) is 10.1. The smallest absolute Gasteiger partial charge is 0.419 e. The van der Waals surface area contributed by atoms with Gasteiger partial charge in [-0.2, -0.15) is 18.2 Å². The molecule has 4 aromatic rings. The minimum absolute atomic E-state index is 0.0566. The summed E-state index contributed by atoms with van der Waals surface area (Å²) >= 11 is 0. The normalized spacial score (nSPS) is 11.8. The van der Waals surface area contributed by atoms with Gasteiger partial charge in [0.05, 0.1) is 11.8 Å². The van der Waals surface area contributed by atoms with Crippen LogP contribution >= 0.6 is 0 Å². The van der Waals surface area contributed by atoms with Gasteiger partial charge in [-0.15, -0.1) is 0 Å². The fraction of sp³-hybridized carbons (Fsp3) is 0.0870. The van der Waals surface area contributed by atoms with E-state index in [4.69, 9.17) is 4.74 Å². The van der Waals surface area contributed by atoms with E-state index < -0.39 is 33.5 Å². The number of halogens is 4. The zero-order valence-electron chi connectivity index (χ0n) is 18.3. The molecular formula is C23H16F4N4O4S. The molecule has 0 saturated carbocycles. The number of ether oxygens (including phenoxy) is 1. The largest absolute Gasteiger partial charge is 0.439 e. The van der Waals surface area contributed by atoms with E-state index in [0.717, 1.165) is 12.3 Å². The molecule has 1 aromatic heterocycles. The van der Waals surface area contributed by atoms with Gasteiger partial charge in [-0.25, -0.2) is 17.8 Å². The summed E-state index contributed by atoms with van der Waals surface area (Å²) in [5.41, 5.74) is -1.54. The third-order valence-electron chi connectivity index (χ3n) is 4.76. The minimum atomic E-state index is -4.91. The van der Waals surface area contributed by atoms with E-state index in [1.807, 2.05) is 0 Å². The number of sulfonamides is 1. The summed E-state index contributed by atoms with van der Waals surface area (Å²) in [6.07, 6.45) is -2.66. The van der Waals surface area contributed by atoms with Gasteiger partial charge >= 0.3 is 6.18 Å². The maximum Gasteiger partial charge on any atom is 0.419 e. The number of carbonyl (C=O) groups is 1. The zero-order chi connectivity index (χ0) is 26.1. The van der Waals surface area contributed by atoms with Crippen LogP contribution in [0.4, 0.5) is 29.2 Å². The van der Waals surface area contributed by atoms with Crippen molar-refractivity contribution in [2.24, 2.45) is 0 Å². The van der Waals surface area contributed by atoms with Gasteiger partial charge in [0, 0.05) is 23.5 Å². The number of benzene rings is 3. The van der Waals surface area contributed by atoms with Crippen molar-refractivity contribution in [1.82, 2.24) is 9.97 Å². The van der Waals surface area contributed by atoms with Crippen LogP contribution in [-0.2, 0) is 16.2 Å². The first-order valence-corrected chi connectivity index (χ1v) is 12.0. The van der Waals surface area contributed by atoms with Crippen LogP contribution in [0.25, 0.3) is 10.8 Å². The summed E-state index contributed by atoms with van der Waals surface area (Å²) in [5.74, 6) is -1.94. The number of carbonyl (C=O) groups excluding carboxylic acids is 1. The summed E-state index contributed by atoms with van der Waals surface area (Å²) in [6.45, 7) is 0. The third-order valence-corrected chi connectivity index (χ3v) is 5.31. The predicted octanol–water partition coefficient (Wildman–Crippen LogP) is 5.20. The maximum absolute atomic E-state index is 13.5. The fourth-order valence-corrected chi connectivity index (χ4v) is 3.71. The maximum atomic E-state index is 13.5. The van der Waals surface area contributed by atoms with Crippen LogP contribution in [0.1, 0.15) is 15.9 Å². The van der Waals surface area contributed by atoms with Crippen molar-refractivity contribution in [3.8, 4) is 11.6 Å². The molecule has 13 heteroatoms. The van der Waals surface area contributed by atoms with Gasteiger partial charge in [-0.1, -0.05) is 12.1 Å². The molecule has 186 valence electrons. The molecule has 0 aliphatic rings. The lowest BCUT2D eigenvalue weighted by Gasteiger charge is -2.12. The number of alkyl halides is 3. The first-order chi connectivity index (χ1) is 16.9. The van der Waals surface area contributed by atoms with Crippen molar-refractivity contribution in [2.75, 3.05) is 16.3 Å². The topological polar surface area (TPSA) is 110 Å². The number of aromatic nitrogens is 2. The molecule has 4 rings (SSSR count). The van der Waals surface area contributed by atoms with Gasteiger partial charge in [0.2, 0.25) is 21.9 Å². The van der Waals surface area contributed by atoms with Crippen molar-refractivity contribution in [3.05, 3.63) is 83.8 Å². The van der Waals surface area contributed by atoms with Crippen molar-refractivity contribution >= 4 is 38.3 Å². The molecule has 36 heavy (non-hydrogen) atoms. The molecule has 0 aliphatic carbocycles. The molecule has 1 heterocycles. The van der Waals surface area contributed by atoms with E-state index in [2.05, 4.69) is 20.0 Å². The van der Waals surface area contributed by atoms with Gasteiger partial charge < -0.3 is 10.1 Å². The van der Waals surface area contributed by atoms with E-state index in [9.17, 15) is 30.8 Å². The third kappa shape index (κ3) is 5.86. The Kier molecular flexibility index (Phi) is 6.50. The predicted molar refractivity (Wildman–Crippen MR) is 124 cm³/mol. The number of rotatable bonds is 6. The standard InChI is InChI=1S/C23H16F4N4O4S/c1-36(33,34)31-22-28-10-9-20(30-22)35-15-6-7-16-13(11-15)3-2-4-17(16)21(32)29-14-5-8-19(24)18(12-14)23(25,26)27/h2-12H,1H3,(H,29,32)(H,28,30,31). The van der Waals surface area contributed by atoms with E-state index in [1.54, 1.807) is 24.3 Å². The summed E-state index contributed by atoms with van der Waals surface area (Å²) in [4.78, 5) is 20.6. The molecule has 0 spiro atoms. The Balaban J connectivity index is 1.58. The minimum Gasteiger partial charge on any atom is -0.439 e. The van der Waals surface area contributed by atoms with Gasteiger partial charge in [0.15, 0.2) is 0 Å². The van der Waals surface area contributed by atoms with Crippen molar-refractivity contribution in [1.29, 1.82) is 0 Å². The molecule has 0 atom stereocenters. The Morgan fingerprint density at radius 3 is 2.53 bits per heavy atom. The first kappa shape index (κ1) is 24.9. The van der Waals surface area contributed by atoms with Crippen molar-refractivity contribution in [3.63, 3.8) is 0 Å². The molecule has 0 bridgehead atoms. The lowest BCUT2D eigenvalue weighted by atomic mass is 10.0. The molecule has 3 aromatic carbocycles. The lowest BCUT2D eigenvalue weighted by molar-refractivity contribution is -0.139. The van der Waals surface area contributed by atoms with E-state index >= 15 is 0 Å². The Hall–Kier alpha value is -4.26. The Morgan fingerprint density at radius 1 is 1.03 bits per heavy atom. The second kappa shape index (κ2) is 9.41. The van der Waals surface area contributed by atoms with Gasteiger partial charge in [0.25, 0.3) is 5.91 Å². The molecule has 0 aliphatic heterocycles. The van der Waals surface area contributed by atoms with E-state index in [-0.39, 0.29) is 23.1 Å². The average Bonchev–Trinajstić information content (AvgIpc) is 2.78. The molecule has 2 N–H and O–H groups in total. The highest BCUT2D eigenvalue weighted by Crippen LogP contribution is 2.33. The van der Waals surface area contributed by atoms with Crippen LogP contribution in [0.15, 0.2) is 66.9 Å². The Labute approximate surface area is 202 Å². The van der Waals surface area contributed by atoms with Crippen LogP contribution in [0.3, 0.4) is 0 Å². The van der Waals surface area contributed by atoms with E-state index in [0.29, 0.717) is 28.7 Å².